The third kappa shape index (κ3) is 2.76. The molecule has 0 spiro atoms. The summed E-state index contributed by atoms with van der Waals surface area (Å²) in [6.45, 7) is 2.58. The first-order valence-corrected chi connectivity index (χ1v) is 6.07. The predicted octanol–water partition coefficient (Wildman–Crippen LogP) is 1.58. The first kappa shape index (κ1) is 13.1. The van der Waals surface area contributed by atoms with Crippen LogP contribution in [0.25, 0.3) is 0 Å². The zero-order valence-electron chi connectivity index (χ0n) is 11.4. The summed E-state index contributed by atoms with van der Waals surface area (Å²) in [5, 5.41) is 3.98. The summed E-state index contributed by atoms with van der Waals surface area (Å²) in [7, 11) is 3.47. The number of anilines is 1. The van der Waals surface area contributed by atoms with Crippen LogP contribution in [0, 0.1) is 6.92 Å². The number of carbonyl (C=O) groups excluding carboxylic acids is 1. The minimum absolute atomic E-state index is 0.126. The first-order chi connectivity index (χ1) is 8.99. The fraction of sp³-hybridized carbons (Fsp3) is 0.286. The van der Waals surface area contributed by atoms with Gasteiger partial charge in [0.25, 0.3) is 5.91 Å². The molecule has 1 aromatic carbocycles. The quantitative estimate of drug-likeness (QED) is 0.909. The highest BCUT2D eigenvalue weighted by atomic mass is 16.2. The Morgan fingerprint density at radius 2 is 2.21 bits per heavy atom. The molecule has 2 aromatic rings. The van der Waals surface area contributed by atoms with Gasteiger partial charge in [-0.15, -0.1) is 0 Å². The van der Waals surface area contributed by atoms with Crippen molar-refractivity contribution in [3.05, 3.63) is 47.3 Å². The van der Waals surface area contributed by atoms with Crippen LogP contribution in [0.3, 0.4) is 0 Å². The minimum Gasteiger partial charge on any atom is -0.396 e. The molecule has 1 heterocycles. The van der Waals surface area contributed by atoms with Crippen LogP contribution in [0.1, 0.15) is 21.6 Å². The molecule has 2 rings (SSSR count). The van der Waals surface area contributed by atoms with Gasteiger partial charge in [0.2, 0.25) is 0 Å². The van der Waals surface area contributed by atoms with Crippen molar-refractivity contribution in [1.29, 1.82) is 0 Å². The lowest BCUT2D eigenvalue weighted by Gasteiger charge is -2.18. The molecule has 0 aliphatic carbocycles. The van der Waals surface area contributed by atoms with Gasteiger partial charge in [0.15, 0.2) is 0 Å². The third-order valence-electron chi connectivity index (χ3n) is 3.02. The second kappa shape index (κ2) is 5.14. The van der Waals surface area contributed by atoms with Gasteiger partial charge in [0.1, 0.15) is 5.69 Å². The lowest BCUT2D eigenvalue weighted by atomic mass is 10.1. The number of carbonyl (C=O) groups is 1. The normalized spacial score (nSPS) is 10.5. The molecule has 0 fully saturated rings. The zero-order valence-corrected chi connectivity index (χ0v) is 11.4. The van der Waals surface area contributed by atoms with Gasteiger partial charge in [-0.1, -0.05) is 29.8 Å². The highest BCUT2D eigenvalue weighted by molar-refractivity contribution is 5.97. The van der Waals surface area contributed by atoms with Crippen molar-refractivity contribution in [2.24, 2.45) is 7.05 Å². The zero-order chi connectivity index (χ0) is 14.0. The molecule has 0 radical (unpaired) electrons. The van der Waals surface area contributed by atoms with Crippen molar-refractivity contribution in [3.63, 3.8) is 0 Å². The maximum atomic E-state index is 12.3. The monoisotopic (exact) mass is 258 g/mol. The Hall–Kier alpha value is -2.30. The van der Waals surface area contributed by atoms with E-state index in [2.05, 4.69) is 11.2 Å². The van der Waals surface area contributed by atoms with E-state index >= 15 is 0 Å². The Kier molecular flexibility index (Phi) is 3.55. The summed E-state index contributed by atoms with van der Waals surface area (Å²) < 4.78 is 1.50. The predicted molar refractivity (Wildman–Crippen MR) is 74.6 cm³/mol. The van der Waals surface area contributed by atoms with Crippen molar-refractivity contribution in [3.8, 4) is 0 Å². The Morgan fingerprint density at radius 1 is 1.47 bits per heavy atom. The van der Waals surface area contributed by atoms with E-state index in [-0.39, 0.29) is 5.91 Å². The average Bonchev–Trinajstić information content (AvgIpc) is 2.68. The fourth-order valence-corrected chi connectivity index (χ4v) is 2.05. The van der Waals surface area contributed by atoms with Crippen LogP contribution in [-0.2, 0) is 13.6 Å². The molecule has 0 aliphatic heterocycles. The first-order valence-electron chi connectivity index (χ1n) is 6.07. The largest absolute Gasteiger partial charge is 0.396 e. The van der Waals surface area contributed by atoms with Crippen molar-refractivity contribution >= 4 is 11.6 Å². The summed E-state index contributed by atoms with van der Waals surface area (Å²) >= 11 is 0. The smallest absolute Gasteiger partial charge is 0.274 e. The van der Waals surface area contributed by atoms with E-state index in [0.29, 0.717) is 17.9 Å². The van der Waals surface area contributed by atoms with Crippen LogP contribution >= 0.6 is 0 Å². The Bertz CT molecular complexity index is 584. The van der Waals surface area contributed by atoms with Gasteiger partial charge >= 0.3 is 0 Å². The Balaban J connectivity index is 2.16. The fourth-order valence-electron chi connectivity index (χ4n) is 2.05. The highest BCUT2D eigenvalue weighted by Crippen LogP contribution is 2.14. The van der Waals surface area contributed by atoms with E-state index in [1.807, 2.05) is 25.1 Å². The number of nitrogens with zero attached hydrogens (tertiary/aromatic N) is 3. The highest BCUT2D eigenvalue weighted by Gasteiger charge is 2.19. The number of rotatable bonds is 3. The van der Waals surface area contributed by atoms with Gasteiger partial charge < -0.3 is 10.6 Å². The van der Waals surface area contributed by atoms with Crippen LogP contribution < -0.4 is 5.73 Å². The molecule has 100 valence electrons. The number of nitrogen functional groups attached to an aromatic ring is 1. The van der Waals surface area contributed by atoms with Gasteiger partial charge in [0, 0.05) is 20.6 Å². The van der Waals surface area contributed by atoms with E-state index < -0.39 is 0 Å². The van der Waals surface area contributed by atoms with Crippen LogP contribution in [0.4, 0.5) is 5.69 Å². The SMILES string of the molecule is Cc1cccc(CN(C)C(=O)c2c(N)cnn2C)c1. The summed E-state index contributed by atoms with van der Waals surface area (Å²) in [5.41, 5.74) is 8.87. The van der Waals surface area contributed by atoms with Gasteiger partial charge in [-0.05, 0) is 12.5 Å². The molecular weight excluding hydrogens is 240 g/mol. The third-order valence-corrected chi connectivity index (χ3v) is 3.02. The van der Waals surface area contributed by atoms with E-state index in [1.54, 1.807) is 19.0 Å². The van der Waals surface area contributed by atoms with Crippen molar-refractivity contribution in [1.82, 2.24) is 14.7 Å². The van der Waals surface area contributed by atoms with Gasteiger partial charge in [-0.25, -0.2) is 0 Å². The lowest BCUT2D eigenvalue weighted by molar-refractivity contribution is 0.0775. The number of nitrogens with two attached hydrogens (primary N) is 1. The number of amides is 1. The minimum atomic E-state index is -0.126. The summed E-state index contributed by atoms with van der Waals surface area (Å²) in [5.74, 6) is -0.126. The molecule has 1 aromatic heterocycles. The molecule has 5 nitrogen and oxygen atoms in total. The molecule has 5 heteroatoms. The van der Waals surface area contributed by atoms with Gasteiger partial charge in [-0.3, -0.25) is 9.48 Å². The lowest BCUT2D eigenvalue weighted by Crippen LogP contribution is -2.28. The summed E-state index contributed by atoms with van der Waals surface area (Å²) in [6.07, 6.45) is 1.49. The second-order valence-corrected chi connectivity index (χ2v) is 4.72. The number of hydrogen-bond acceptors (Lipinski definition) is 3. The number of aromatic nitrogens is 2. The van der Waals surface area contributed by atoms with Crippen LogP contribution in [0.2, 0.25) is 0 Å². The van der Waals surface area contributed by atoms with E-state index in [1.165, 1.54) is 16.4 Å². The second-order valence-electron chi connectivity index (χ2n) is 4.72. The number of hydrogen-bond donors (Lipinski definition) is 1. The molecule has 2 N–H and O–H groups in total. The van der Waals surface area contributed by atoms with E-state index in [9.17, 15) is 4.79 Å². The summed E-state index contributed by atoms with van der Waals surface area (Å²) in [4.78, 5) is 14.0. The van der Waals surface area contributed by atoms with Crippen LogP contribution in [0.5, 0.6) is 0 Å². The molecule has 1 amide bonds. The molecule has 0 atom stereocenters. The van der Waals surface area contributed by atoms with Crippen molar-refractivity contribution < 1.29 is 4.79 Å². The molecule has 0 saturated carbocycles. The topological polar surface area (TPSA) is 64.2 Å². The number of aryl methyl sites for hydroxylation is 2. The molecule has 0 bridgehead atoms. The number of benzene rings is 1. The molecule has 0 unspecified atom stereocenters. The van der Waals surface area contributed by atoms with E-state index in [0.717, 1.165) is 5.56 Å². The standard InChI is InChI=1S/C14H18N4O/c1-10-5-4-6-11(7-10)9-17(2)14(19)13-12(15)8-16-18(13)3/h4-8H,9,15H2,1-3H3. The average molecular weight is 258 g/mol. The molecule has 19 heavy (non-hydrogen) atoms. The Labute approximate surface area is 112 Å². The van der Waals surface area contributed by atoms with Crippen molar-refractivity contribution in [2.75, 3.05) is 12.8 Å². The van der Waals surface area contributed by atoms with Gasteiger partial charge in [-0.2, -0.15) is 5.10 Å². The maximum absolute atomic E-state index is 12.3. The molecule has 0 saturated heterocycles. The maximum Gasteiger partial charge on any atom is 0.274 e. The summed E-state index contributed by atoms with van der Waals surface area (Å²) in [6, 6.07) is 8.09. The van der Waals surface area contributed by atoms with Crippen LogP contribution in [-0.4, -0.2) is 27.6 Å². The van der Waals surface area contributed by atoms with Gasteiger partial charge in [0.05, 0.1) is 11.9 Å². The Morgan fingerprint density at radius 3 is 2.79 bits per heavy atom. The van der Waals surface area contributed by atoms with E-state index in [4.69, 9.17) is 5.73 Å². The van der Waals surface area contributed by atoms with Crippen molar-refractivity contribution in [2.45, 2.75) is 13.5 Å². The van der Waals surface area contributed by atoms with Crippen LogP contribution in [0.15, 0.2) is 30.5 Å². The molecule has 0 aliphatic rings. The molecular formula is C14H18N4O.